The first kappa shape index (κ1) is 13.1. The highest BCUT2D eigenvalue weighted by Crippen LogP contribution is 2.21. The lowest BCUT2D eigenvalue weighted by Gasteiger charge is -2.01. The van der Waals surface area contributed by atoms with Crippen molar-refractivity contribution in [3.05, 3.63) is 24.3 Å². The fraction of sp³-hybridized carbons (Fsp3) is 0.364. The second-order valence-electron chi connectivity index (χ2n) is 3.35. The van der Waals surface area contributed by atoms with Gasteiger partial charge in [0.05, 0.1) is 11.0 Å². The molecule has 0 aromatic heterocycles. The van der Waals surface area contributed by atoms with Crippen LogP contribution in [0.4, 0.5) is 0 Å². The van der Waals surface area contributed by atoms with Crippen molar-refractivity contribution in [3.63, 3.8) is 0 Å². The van der Waals surface area contributed by atoms with E-state index in [1.54, 1.807) is 36.0 Å². The first-order valence-electron chi connectivity index (χ1n) is 4.84. The number of nitriles is 1. The van der Waals surface area contributed by atoms with Gasteiger partial charge >= 0.3 is 0 Å². The number of rotatable bonds is 5. The Morgan fingerprint density at radius 2 is 1.94 bits per heavy atom. The van der Waals surface area contributed by atoms with E-state index in [4.69, 9.17) is 5.26 Å². The third kappa shape index (κ3) is 4.25. The smallest absolute Gasteiger partial charge is 0.175 e. The van der Waals surface area contributed by atoms with E-state index >= 15 is 0 Å². The van der Waals surface area contributed by atoms with Crippen molar-refractivity contribution in [1.82, 2.24) is 0 Å². The zero-order valence-corrected chi connectivity index (χ0v) is 10.6. The predicted octanol–water partition coefficient (Wildman–Crippen LogP) is 2.49. The predicted molar refractivity (Wildman–Crippen MR) is 65.1 cm³/mol. The summed E-state index contributed by atoms with van der Waals surface area (Å²) in [6.07, 6.45) is 2.62. The lowest BCUT2D eigenvalue weighted by atomic mass is 10.4. The van der Waals surface area contributed by atoms with Crippen molar-refractivity contribution in [2.24, 2.45) is 0 Å². The molecule has 0 N–H and O–H groups in total. The van der Waals surface area contributed by atoms with Gasteiger partial charge in [-0.15, -0.1) is 11.8 Å². The molecule has 0 saturated carbocycles. The van der Waals surface area contributed by atoms with Crippen LogP contribution in [-0.2, 0) is 9.84 Å². The van der Waals surface area contributed by atoms with Crippen LogP contribution in [0.25, 0.3) is 0 Å². The zero-order chi connectivity index (χ0) is 12.0. The molecule has 0 atom stereocenters. The minimum absolute atomic E-state index is 0.342. The summed E-state index contributed by atoms with van der Waals surface area (Å²) in [6, 6.07) is 8.91. The Hall–Kier alpha value is -0.990. The Labute approximate surface area is 100 Å². The summed E-state index contributed by atoms with van der Waals surface area (Å²) in [5, 5.41) is 8.36. The molecule has 0 fully saturated rings. The minimum atomic E-state index is -3.10. The average molecular weight is 255 g/mol. The van der Waals surface area contributed by atoms with Gasteiger partial charge in [0, 0.05) is 17.6 Å². The SMILES string of the molecule is CS(=O)(=O)c1ccc(SCCCC#N)cc1. The fourth-order valence-electron chi connectivity index (χ4n) is 1.12. The van der Waals surface area contributed by atoms with Gasteiger partial charge in [0.1, 0.15) is 0 Å². The Bertz CT molecular complexity index is 472. The third-order valence-electron chi connectivity index (χ3n) is 1.95. The quantitative estimate of drug-likeness (QED) is 0.599. The third-order valence-corrected chi connectivity index (χ3v) is 4.18. The molecule has 0 aliphatic carbocycles. The molecule has 0 heterocycles. The van der Waals surface area contributed by atoms with Crippen LogP contribution in [0.3, 0.4) is 0 Å². The summed E-state index contributed by atoms with van der Waals surface area (Å²) >= 11 is 1.63. The molecule has 3 nitrogen and oxygen atoms in total. The van der Waals surface area contributed by atoms with E-state index in [9.17, 15) is 8.42 Å². The molecular formula is C11H13NO2S2. The molecule has 0 spiro atoms. The van der Waals surface area contributed by atoms with Crippen molar-refractivity contribution in [3.8, 4) is 6.07 Å². The van der Waals surface area contributed by atoms with Gasteiger partial charge in [-0.1, -0.05) is 0 Å². The fourth-order valence-corrected chi connectivity index (χ4v) is 2.61. The largest absolute Gasteiger partial charge is 0.224 e. The van der Waals surface area contributed by atoms with Crippen LogP contribution < -0.4 is 0 Å². The molecule has 5 heteroatoms. The molecule has 86 valence electrons. The van der Waals surface area contributed by atoms with Crippen LogP contribution in [0.2, 0.25) is 0 Å². The number of unbranched alkanes of at least 4 members (excludes halogenated alkanes) is 1. The van der Waals surface area contributed by atoms with Crippen molar-refractivity contribution in [2.75, 3.05) is 12.0 Å². The molecule has 0 aliphatic rings. The maximum Gasteiger partial charge on any atom is 0.175 e. The van der Waals surface area contributed by atoms with Gasteiger partial charge in [0.15, 0.2) is 9.84 Å². The number of nitrogens with zero attached hydrogens (tertiary/aromatic N) is 1. The molecule has 1 aromatic rings. The van der Waals surface area contributed by atoms with E-state index in [1.807, 2.05) is 0 Å². The summed E-state index contributed by atoms with van der Waals surface area (Å²) in [5.74, 6) is 0.881. The van der Waals surface area contributed by atoms with Gasteiger partial charge in [0.25, 0.3) is 0 Å². The Kier molecular flexibility index (Phi) is 4.84. The first-order valence-corrected chi connectivity index (χ1v) is 7.71. The zero-order valence-electron chi connectivity index (χ0n) is 9.01. The highest BCUT2D eigenvalue weighted by Gasteiger charge is 2.05. The van der Waals surface area contributed by atoms with Gasteiger partial charge in [-0.3, -0.25) is 0 Å². The lowest BCUT2D eigenvalue weighted by molar-refractivity contribution is 0.602. The highest BCUT2D eigenvalue weighted by molar-refractivity contribution is 7.99. The molecule has 0 radical (unpaired) electrons. The van der Waals surface area contributed by atoms with E-state index in [0.29, 0.717) is 11.3 Å². The number of hydrogen-bond donors (Lipinski definition) is 0. The van der Waals surface area contributed by atoms with Crippen LogP contribution in [0.15, 0.2) is 34.1 Å². The number of thioether (sulfide) groups is 1. The normalized spacial score (nSPS) is 11.0. The minimum Gasteiger partial charge on any atom is -0.224 e. The summed E-state index contributed by atoms with van der Waals surface area (Å²) < 4.78 is 22.4. The molecule has 0 amide bonds. The first-order chi connectivity index (χ1) is 7.54. The number of sulfone groups is 1. The summed E-state index contributed by atoms with van der Waals surface area (Å²) in [5.41, 5.74) is 0. The second-order valence-corrected chi connectivity index (χ2v) is 6.54. The van der Waals surface area contributed by atoms with Gasteiger partial charge in [-0.05, 0) is 36.4 Å². The summed E-state index contributed by atoms with van der Waals surface area (Å²) in [4.78, 5) is 1.37. The Morgan fingerprint density at radius 1 is 1.31 bits per heavy atom. The van der Waals surface area contributed by atoms with Gasteiger partial charge in [-0.2, -0.15) is 5.26 Å². The van der Waals surface area contributed by atoms with Crippen molar-refractivity contribution < 1.29 is 8.42 Å². The van der Waals surface area contributed by atoms with E-state index < -0.39 is 9.84 Å². The van der Waals surface area contributed by atoms with Crippen molar-refractivity contribution >= 4 is 21.6 Å². The summed E-state index contributed by atoms with van der Waals surface area (Å²) in [6.45, 7) is 0. The van der Waals surface area contributed by atoms with Crippen LogP contribution in [0.5, 0.6) is 0 Å². The number of hydrogen-bond acceptors (Lipinski definition) is 4. The monoisotopic (exact) mass is 255 g/mol. The van der Waals surface area contributed by atoms with Crippen LogP contribution >= 0.6 is 11.8 Å². The van der Waals surface area contributed by atoms with E-state index in [0.717, 1.165) is 17.1 Å². The maximum absolute atomic E-state index is 11.2. The second kappa shape index (κ2) is 5.92. The van der Waals surface area contributed by atoms with E-state index in [2.05, 4.69) is 6.07 Å². The molecule has 16 heavy (non-hydrogen) atoms. The topological polar surface area (TPSA) is 57.9 Å². The van der Waals surface area contributed by atoms with Crippen LogP contribution in [0, 0.1) is 11.3 Å². The molecule has 0 aliphatic heterocycles. The van der Waals surface area contributed by atoms with Gasteiger partial charge < -0.3 is 0 Å². The van der Waals surface area contributed by atoms with E-state index in [-0.39, 0.29) is 0 Å². The molecule has 0 bridgehead atoms. The Balaban J connectivity index is 2.56. The van der Waals surface area contributed by atoms with Crippen LogP contribution in [-0.4, -0.2) is 20.4 Å². The lowest BCUT2D eigenvalue weighted by Crippen LogP contribution is -1.96. The number of benzene rings is 1. The van der Waals surface area contributed by atoms with Gasteiger partial charge in [-0.25, -0.2) is 8.42 Å². The van der Waals surface area contributed by atoms with Crippen LogP contribution in [0.1, 0.15) is 12.8 Å². The van der Waals surface area contributed by atoms with Gasteiger partial charge in [0.2, 0.25) is 0 Å². The average Bonchev–Trinajstić information content (AvgIpc) is 2.24. The molecule has 0 saturated heterocycles. The molecular weight excluding hydrogens is 242 g/mol. The van der Waals surface area contributed by atoms with Crippen molar-refractivity contribution in [1.29, 1.82) is 5.26 Å². The van der Waals surface area contributed by atoms with E-state index in [1.165, 1.54) is 6.26 Å². The molecule has 1 aromatic carbocycles. The van der Waals surface area contributed by atoms with Crippen molar-refractivity contribution in [2.45, 2.75) is 22.6 Å². The highest BCUT2D eigenvalue weighted by atomic mass is 32.2. The summed E-state index contributed by atoms with van der Waals surface area (Å²) in [7, 11) is -3.10. The Morgan fingerprint density at radius 3 is 2.44 bits per heavy atom. The maximum atomic E-state index is 11.2. The molecule has 1 rings (SSSR count). The standard InChI is InChI=1S/C11H13NO2S2/c1-16(13,14)11-6-4-10(5-7-11)15-9-3-2-8-12/h4-7H,2-3,9H2,1H3. The molecule has 0 unspecified atom stereocenters.